The number of phenols is 3. The number of hydrogen-bond donors (Lipinski definition) is 3. The lowest BCUT2D eigenvalue weighted by molar-refractivity contribution is -0.137. The Morgan fingerprint density at radius 2 is 1.03 bits per heavy atom. The van der Waals surface area contributed by atoms with E-state index in [-0.39, 0.29) is 40.0 Å². The molecule has 0 saturated carbocycles. The number of alkyl halides is 3. The molecule has 0 aliphatic heterocycles. The third-order valence-electron chi connectivity index (χ3n) is 9.52. The third kappa shape index (κ3) is 10.3. The topological polar surface area (TPSA) is 197 Å². The maximum atomic E-state index is 13.1. The number of rotatable bonds is 9. The number of methoxy groups -OCH3 is 3. The highest BCUT2D eigenvalue weighted by Gasteiger charge is 2.35. The lowest BCUT2D eigenvalue weighted by atomic mass is 10.1. The number of ether oxygens (including phenoxy) is 3. The molecule has 0 unspecified atom stereocenters. The fourth-order valence-electron chi connectivity index (χ4n) is 6.23. The Morgan fingerprint density at radius 1 is 0.538 bits per heavy atom. The molecule has 6 aromatic heterocycles. The van der Waals surface area contributed by atoms with Crippen molar-refractivity contribution in [3.8, 4) is 97.0 Å². The van der Waals surface area contributed by atoms with Crippen molar-refractivity contribution in [2.24, 2.45) is 0 Å². The van der Waals surface area contributed by atoms with Gasteiger partial charge in [0, 0.05) is 53.6 Å². The zero-order valence-electron chi connectivity index (χ0n) is 34.9. The summed E-state index contributed by atoms with van der Waals surface area (Å²) < 4.78 is 66.6. The summed E-state index contributed by atoms with van der Waals surface area (Å²) in [5.41, 5.74) is 3.24. The van der Waals surface area contributed by atoms with E-state index >= 15 is 0 Å². The molecule has 0 aliphatic carbocycles. The molecule has 15 nitrogen and oxygen atoms in total. The molecule has 3 aromatic carbocycles. The monoisotopic (exact) mass is 885 g/mol. The van der Waals surface area contributed by atoms with Crippen LogP contribution in [0.2, 0.25) is 0 Å². The van der Waals surface area contributed by atoms with Gasteiger partial charge in [0.1, 0.15) is 57.3 Å². The average Bonchev–Trinajstić information content (AvgIpc) is 4.13. The van der Waals surface area contributed by atoms with Gasteiger partial charge < -0.3 is 38.6 Å². The molecule has 0 aliphatic rings. The molecule has 18 heteroatoms. The van der Waals surface area contributed by atoms with Gasteiger partial charge in [0.05, 0.1) is 32.6 Å². The number of phenolic OH excluding ortho intramolecular Hbond substituents is 3. The fourth-order valence-corrected chi connectivity index (χ4v) is 6.23. The van der Waals surface area contributed by atoms with E-state index in [9.17, 15) is 28.5 Å². The van der Waals surface area contributed by atoms with Crippen LogP contribution in [0.25, 0.3) is 62.5 Å². The molecular formula is C47H38F3N7O8. The van der Waals surface area contributed by atoms with Gasteiger partial charge in [-0.3, -0.25) is 9.97 Å². The zero-order valence-corrected chi connectivity index (χ0v) is 34.9. The molecule has 0 bridgehead atoms. The molecule has 0 radical (unpaired) electrons. The summed E-state index contributed by atoms with van der Waals surface area (Å²) in [6, 6.07) is 30.8. The van der Waals surface area contributed by atoms with Gasteiger partial charge in [0.2, 0.25) is 0 Å². The first-order valence-electron chi connectivity index (χ1n) is 19.3. The molecule has 330 valence electrons. The average molecular weight is 886 g/mol. The van der Waals surface area contributed by atoms with E-state index in [0.29, 0.717) is 45.5 Å². The van der Waals surface area contributed by atoms with E-state index in [1.807, 2.05) is 43.3 Å². The Bertz CT molecular complexity index is 3030. The molecular weight excluding hydrogens is 848 g/mol. The summed E-state index contributed by atoms with van der Waals surface area (Å²) in [6.45, 7) is 1.95. The quantitative estimate of drug-likeness (QED) is 0.124. The standard InChI is InChI=1S/C16H11F3N2O3.C16H14N2O3.C15H13N3O2/c1-23-9-4-5-13(22)10(7-9)12-8-14(24-21-12)15-11(16(17,18)19)3-2-6-20-15;1-10-4-3-7-17-16(10)15-9-13(18-21-15)12-8-11(20-2)5-6-14(12)19;1-20-11-5-6-14(19)12(10-11)13-7-9-18(17-13)15-4-2-3-8-16-15/h2-8,22H,1H3;3-9,19H,1-2H3;2-10,19H,1H3. The molecule has 0 spiro atoms. The van der Waals surface area contributed by atoms with Gasteiger partial charge >= 0.3 is 6.18 Å². The Hall–Kier alpha value is -8.67. The van der Waals surface area contributed by atoms with Gasteiger partial charge in [-0.2, -0.15) is 18.3 Å². The fraction of sp³-hybridized carbons (Fsp3) is 0.106. The highest BCUT2D eigenvalue weighted by atomic mass is 19.4. The molecule has 0 fully saturated rings. The molecule has 6 heterocycles. The van der Waals surface area contributed by atoms with Crippen molar-refractivity contribution in [3.05, 3.63) is 151 Å². The minimum atomic E-state index is -4.57. The number of aromatic nitrogens is 7. The number of aromatic hydroxyl groups is 3. The summed E-state index contributed by atoms with van der Waals surface area (Å²) in [6.07, 6.45) is 1.87. The van der Waals surface area contributed by atoms with Gasteiger partial charge in [-0.25, -0.2) is 9.67 Å². The second-order valence-corrected chi connectivity index (χ2v) is 13.7. The Balaban J connectivity index is 0.000000146. The van der Waals surface area contributed by atoms with Crippen molar-refractivity contribution in [3.63, 3.8) is 0 Å². The summed E-state index contributed by atoms with van der Waals surface area (Å²) in [4.78, 5) is 12.3. The molecule has 9 rings (SSSR count). The molecule has 0 saturated heterocycles. The van der Waals surface area contributed by atoms with Crippen LogP contribution in [0.3, 0.4) is 0 Å². The van der Waals surface area contributed by atoms with Gasteiger partial charge in [-0.05, 0) is 103 Å². The lowest BCUT2D eigenvalue weighted by Gasteiger charge is -2.08. The highest BCUT2D eigenvalue weighted by Crippen LogP contribution is 2.39. The smallest absolute Gasteiger partial charge is 0.418 e. The van der Waals surface area contributed by atoms with Crippen LogP contribution in [0.15, 0.2) is 149 Å². The predicted octanol–water partition coefficient (Wildman–Crippen LogP) is 10.2. The number of nitrogens with zero attached hydrogens (tertiary/aromatic N) is 7. The Labute approximate surface area is 368 Å². The predicted molar refractivity (Wildman–Crippen MR) is 232 cm³/mol. The summed E-state index contributed by atoms with van der Waals surface area (Å²) in [7, 11) is 4.61. The molecule has 0 amide bonds. The number of aryl methyl sites for hydroxylation is 1. The van der Waals surface area contributed by atoms with Gasteiger partial charge in [-0.1, -0.05) is 22.4 Å². The molecule has 65 heavy (non-hydrogen) atoms. The Kier molecular flexibility index (Phi) is 13.4. The van der Waals surface area contributed by atoms with Crippen LogP contribution in [0, 0.1) is 6.92 Å². The van der Waals surface area contributed by atoms with E-state index in [2.05, 4.69) is 30.4 Å². The SMILES string of the molecule is COc1ccc(O)c(-c2cc(-c3ncccc3C(F)(F)F)on2)c1.COc1ccc(O)c(-c2cc(-c3ncccc3C)on2)c1.COc1ccc(O)c(-c2ccn(-c3ccccn3)n2)c1. The van der Waals surface area contributed by atoms with Crippen molar-refractivity contribution < 1.29 is 51.7 Å². The summed E-state index contributed by atoms with van der Waals surface area (Å²) in [5, 5.41) is 42.0. The van der Waals surface area contributed by atoms with Crippen LogP contribution in [-0.4, -0.2) is 71.7 Å². The van der Waals surface area contributed by atoms with Crippen molar-refractivity contribution >= 4 is 0 Å². The summed E-state index contributed by atoms with van der Waals surface area (Å²) >= 11 is 0. The van der Waals surface area contributed by atoms with Gasteiger partial charge in [0.25, 0.3) is 0 Å². The lowest BCUT2D eigenvalue weighted by Crippen LogP contribution is -2.07. The minimum absolute atomic E-state index is 0.104. The van der Waals surface area contributed by atoms with Crippen LogP contribution in [0.1, 0.15) is 11.1 Å². The highest BCUT2D eigenvalue weighted by molar-refractivity contribution is 5.73. The molecule has 0 atom stereocenters. The number of halogens is 3. The molecule has 3 N–H and O–H groups in total. The first-order chi connectivity index (χ1) is 31.4. The van der Waals surface area contributed by atoms with Crippen molar-refractivity contribution in [1.29, 1.82) is 0 Å². The van der Waals surface area contributed by atoms with Crippen LogP contribution in [0.4, 0.5) is 13.2 Å². The second-order valence-electron chi connectivity index (χ2n) is 13.7. The van der Waals surface area contributed by atoms with Gasteiger partial charge in [0.15, 0.2) is 17.3 Å². The minimum Gasteiger partial charge on any atom is -0.507 e. The van der Waals surface area contributed by atoms with E-state index in [1.54, 1.807) is 86.0 Å². The van der Waals surface area contributed by atoms with Crippen LogP contribution < -0.4 is 14.2 Å². The third-order valence-corrected chi connectivity index (χ3v) is 9.52. The normalized spacial score (nSPS) is 10.9. The maximum Gasteiger partial charge on any atom is 0.418 e. The number of benzene rings is 3. The van der Waals surface area contributed by atoms with Crippen LogP contribution in [0.5, 0.6) is 34.5 Å². The zero-order chi connectivity index (χ0) is 46.1. The first kappa shape index (κ1) is 44.4. The van der Waals surface area contributed by atoms with Gasteiger partial charge in [-0.15, -0.1) is 0 Å². The Morgan fingerprint density at radius 3 is 1.52 bits per heavy atom. The maximum absolute atomic E-state index is 13.1. The second kappa shape index (κ2) is 19.6. The summed E-state index contributed by atoms with van der Waals surface area (Å²) in [5.74, 6) is 3.08. The molecule has 9 aromatic rings. The number of pyridine rings is 3. The van der Waals surface area contributed by atoms with Crippen LogP contribution in [-0.2, 0) is 6.18 Å². The first-order valence-corrected chi connectivity index (χ1v) is 19.3. The van der Waals surface area contributed by atoms with E-state index in [1.165, 1.54) is 37.6 Å². The van der Waals surface area contributed by atoms with E-state index < -0.39 is 11.7 Å². The van der Waals surface area contributed by atoms with Crippen molar-refractivity contribution in [1.82, 2.24) is 35.0 Å². The van der Waals surface area contributed by atoms with Crippen molar-refractivity contribution in [2.45, 2.75) is 13.1 Å². The largest absolute Gasteiger partial charge is 0.507 e. The van der Waals surface area contributed by atoms with E-state index in [4.69, 9.17) is 23.3 Å². The number of hydrogen-bond acceptors (Lipinski definition) is 14. The van der Waals surface area contributed by atoms with E-state index in [0.717, 1.165) is 23.1 Å². The van der Waals surface area contributed by atoms with Crippen LogP contribution >= 0.6 is 0 Å². The van der Waals surface area contributed by atoms with Crippen molar-refractivity contribution in [2.75, 3.05) is 21.3 Å².